The minimum absolute atomic E-state index is 0.0402. The van der Waals surface area contributed by atoms with E-state index < -0.39 is 5.97 Å². The zero-order valence-corrected chi connectivity index (χ0v) is 7.97. The highest BCUT2D eigenvalue weighted by Gasteiger charge is 2.12. The number of nitrogens with two attached hydrogens (primary N) is 1. The van der Waals surface area contributed by atoms with Crippen molar-refractivity contribution >= 4 is 11.8 Å². The first-order valence-electron chi connectivity index (χ1n) is 3.99. The average molecular weight is 210 g/mol. The summed E-state index contributed by atoms with van der Waals surface area (Å²) in [5.41, 5.74) is 5.60. The Morgan fingerprint density at radius 3 is 2.67 bits per heavy atom. The van der Waals surface area contributed by atoms with Crippen LogP contribution in [-0.2, 0) is 0 Å². The van der Waals surface area contributed by atoms with Gasteiger partial charge >= 0.3 is 5.97 Å². The van der Waals surface area contributed by atoms with Crippen LogP contribution in [0.25, 0.3) is 0 Å². The lowest BCUT2D eigenvalue weighted by molar-refractivity contribution is 0.0693. The molecule has 0 spiro atoms. The standard InChI is InChI=1S/C9H10N2O4/c1-15-7-3-2-5(8(10)11-14)4-6(7)9(12)13/h2-4,14H,1H3,(H2,10,11)(H,12,13). The molecule has 0 saturated carbocycles. The van der Waals surface area contributed by atoms with Crippen molar-refractivity contribution in [1.29, 1.82) is 0 Å². The number of carboxylic acid groups (broad SMARTS) is 1. The van der Waals surface area contributed by atoms with Crippen molar-refractivity contribution in [2.24, 2.45) is 10.9 Å². The molecule has 0 aliphatic rings. The van der Waals surface area contributed by atoms with Gasteiger partial charge in [0.1, 0.15) is 11.3 Å². The zero-order chi connectivity index (χ0) is 11.4. The van der Waals surface area contributed by atoms with E-state index in [2.05, 4.69) is 5.16 Å². The number of carbonyl (C=O) groups is 1. The van der Waals surface area contributed by atoms with Gasteiger partial charge in [-0.25, -0.2) is 4.79 Å². The molecule has 0 atom stereocenters. The number of nitrogens with zero attached hydrogens (tertiary/aromatic N) is 1. The molecule has 15 heavy (non-hydrogen) atoms. The van der Waals surface area contributed by atoms with Crippen molar-refractivity contribution in [2.45, 2.75) is 0 Å². The third kappa shape index (κ3) is 2.16. The molecule has 1 aromatic rings. The molecule has 0 fully saturated rings. The summed E-state index contributed by atoms with van der Waals surface area (Å²) < 4.78 is 4.85. The molecule has 80 valence electrons. The van der Waals surface area contributed by atoms with E-state index in [0.29, 0.717) is 5.56 Å². The lowest BCUT2D eigenvalue weighted by Crippen LogP contribution is -2.14. The molecule has 0 saturated heterocycles. The SMILES string of the molecule is COc1ccc(/C(N)=N\O)cc1C(=O)O. The van der Waals surface area contributed by atoms with Gasteiger partial charge in [-0.2, -0.15) is 0 Å². The van der Waals surface area contributed by atoms with E-state index in [1.54, 1.807) is 0 Å². The first kappa shape index (κ1) is 10.8. The van der Waals surface area contributed by atoms with Crippen molar-refractivity contribution in [3.8, 4) is 5.75 Å². The first-order valence-corrected chi connectivity index (χ1v) is 3.99. The Morgan fingerprint density at radius 2 is 2.20 bits per heavy atom. The van der Waals surface area contributed by atoms with Crippen LogP contribution in [0.3, 0.4) is 0 Å². The largest absolute Gasteiger partial charge is 0.496 e. The Bertz CT molecular complexity index is 415. The Kier molecular flexibility index (Phi) is 3.12. The van der Waals surface area contributed by atoms with E-state index in [0.717, 1.165) is 0 Å². The predicted molar refractivity (Wildman–Crippen MR) is 52.5 cm³/mol. The van der Waals surface area contributed by atoms with Gasteiger partial charge in [-0.3, -0.25) is 0 Å². The Hall–Kier alpha value is -2.24. The fraction of sp³-hybridized carbons (Fsp3) is 0.111. The predicted octanol–water partition coefficient (Wildman–Crippen LogP) is 0.488. The number of methoxy groups -OCH3 is 1. The monoisotopic (exact) mass is 210 g/mol. The average Bonchev–Trinajstić information content (AvgIpc) is 2.27. The van der Waals surface area contributed by atoms with Crippen LogP contribution in [0.5, 0.6) is 5.75 Å². The van der Waals surface area contributed by atoms with Gasteiger partial charge in [-0.1, -0.05) is 5.16 Å². The van der Waals surface area contributed by atoms with Crippen LogP contribution in [0.15, 0.2) is 23.4 Å². The number of carboxylic acids is 1. The number of ether oxygens (including phenoxy) is 1. The van der Waals surface area contributed by atoms with Gasteiger partial charge in [0.2, 0.25) is 0 Å². The number of amidine groups is 1. The molecule has 0 unspecified atom stereocenters. The topological polar surface area (TPSA) is 105 Å². The molecule has 0 amide bonds. The van der Waals surface area contributed by atoms with Crippen LogP contribution in [0.4, 0.5) is 0 Å². The van der Waals surface area contributed by atoms with Crippen LogP contribution < -0.4 is 10.5 Å². The molecule has 4 N–H and O–H groups in total. The minimum Gasteiger partial charge on any atom is -0.496 e. The fourth-order valence-corrected chi connectivity index (χ4v) is 1.09. The van der Waals surface area contributed by atoms with Crippen LogP contribution in [0, 0.1) is 0 Å². The molecule has 1 rings (SSSR count). The maximum Gasteiger partial charge on any atom is 0.339 e. The highest BCUT2D eigenvalue weighted by Crippen LogP contribution is 2.19. The van der Waals surface area contributed by atoms with Gasteiger partial charge in [0.05, 0.1) is 7.11 Å². The molecule has 0 bridgehead atoms. The number of hydrogen-bond donors (Lipinski definition) is 3. The van der Waals surface area contributed by atoms with Gasteiger partial charge in [0, 0.05) is 5.56 Å². The fourth-order valence-electron chi connectivity index (χ4n) is 1.09. The van der Waals surface area contributed by atoms with Crippen LogP contribution >= 0.6 is 0 Å². The molecular weight excluding hydrogens is 200 g/mol. The van der Waals surface area contributed by atoms with Crippen LogP contribution in [0.1, 0.15) is 15.9 Å². The van der Waals surface area contributed by atoms with E-state index in [1.165, 1.54) is 25.3 Å². The smallest absolute Gasteiger partial charge is 0.339 e. The second-order valence-corrected chi connectivity index (χ2v) is 2.71. The third-order valence-electron chi connectivity index (χ3n) is 1.83. The minimum atomic E-state index is -1.14. The van der Waals surface area contributed by atoms with Crippen molar-refractivity contribution in [3.63, 3.8) is 0 Å². The van der Waals surface area contributed by atoms with Gasteiger partial charge < -0.3 is 20.8 Å². The van der Waals surface area contributed by atoms with Gasteiger partial charge in [0.15, 0.2) is 5.84 Å². The zero-order valence-electron chi connectivity index (χ0n) is 7.97. The maximum atomic E-state index is 10.8. The third-order valence-corrected chi connectivity index (χ3v) is 1.83. The van der Waals surface area contributed by atoms with Crippen molar-refractivity contribution in [3.05, 3.63) is 29.3 Å². The Morgan fingerprint density at radius 1 is 1.53 bits per heavy atom. The summed E-state index contributed by atoms with van der Waals surface area (Å²) in [6, 6.07) is 4.22. The van der Waals surface area contributed by atoms with Gasteiger partial charge in [-0.15, -0.1) is 0 Å². The second-order valence-electron chi connectivity index (χ2n) is 2.71. The summed E-state index contributed by atoms with van der Waals surface area (Å²) in [6.45, 7) is 0. The number of benzene rings is 1. The van der Waals surface area contributed by atoms with Crippen LogP contribution in [-0.4, -0.2) is 29.2 Å². The summed E-state index contributed by atoms with van der Waals surface area (Å²) in [5, 5.41) is 20.1. The summed E-state index contributed by atoms with van der Waals surface area (Å²) in [6.07, 6.45) is 0. The molecule has 0 aromatic heterocycles. The maximum absolute atomic E-state index is 10.8. The number of aromatic carboxylic acids is 1. The normalized spacial score (nSPS) is 11.1. The molecule has 1 aromatic carbocycles. The summed E-state index contributed by atoms with van der Waals surface area (Å²) in [4.78, 5) is 10.8. The number of rotatable bonds is 3. The summed E-state index contributed by atoms with van der Waals surface area (Å²) in [5.74, 6) is -1.07. The number of hydrogen-bond acceptors (Lipinski definition) is 4. The van der Waals surface area contributed by atoms with Gasteiger partial charge in [0.25, 0.3) is 0 Å². The summed E-state index contributed by atoms with van der Waals surface area (Å²) >= 11 is 0. The van der Waals surface area contributed by atoms with E-state index >= 15 is 0 Å². The summed E-state index contributed by atoms with van der Waals surface area (Å²) in [7, 11) is 1.37. The Labute approximate surface area is 85.6 Å². The molecule has 6 heteroatoms. The van der Waals surface area contributed by atoms with E-state index in [4.69, 9.17) is 20.8 Å². The molecule has 0 heterocycles. The van der Waals surface area contributed by atoms with Crippen LogP contribution in [0.2, 0.25) is 0 Å². The van der Waals surface area contributed by atoms with Gasteiger partial charge in [-0.05, 0) is 18.2 Å². The van der Waals surface area contributed by atoms with Crippen molar-refractivity contribution in [1.82, 2.24) is 0 Å². The van der Waals surface area contributed by atoms with E-state index in [1.807, 2.05) is 0 Å². The molecule has 0 aliphatic carbocycles. The highest BCUT2D eigenvalue weighted by molar-refractivity contribution is 6.00. The quantitative estimate of drug-likeness (QED) is 0.291. The highest BCUT2D eigenvalue weighted by atomic mass is 16.5. The lowest BCUT2D eigenvalue weighted by Gasteiger charge is -2.06. The van der Waals surface area contributed by atoms with E-state index in [9.17, 15) is 4.79 Å². The lowest BCUT2D eigenvalue weighted by atomic mass is 10.1. The van der Waals surface area contributed by atoms with Crippen molar-refractivity contribution in [2.75, 3.05) is 7.11 Å². The second kappa shape index (κ2) is 4.32. The molecular formula is C9H10N2O4. The molecule has 0 radical (unpaired) electrons. The molecule has 6 nitrogen and oxygen atoms in total. The first-order chi connectivity index (χ1) is 7.10. The number of oxime groups is 1. The van der Waals surface area contributed by atoms with Crippen molar-refractivity contribution < 1.29 is 19.8 Å². The molecule has 0 aliphatic heterocycles. The Balaban J connectivity index is 3.28. The van der Waals surface area contributed by atoms with E-state index in [-0.39, 0.29) is 17.1 Å².